The van der Waals surface area contributed by atoms with Crippen LogP contribution in [0.4, 0.5) is 5.69 Å². The first-order valence-corrected chi connectivity index (χ1v) is 6.94. The Bertz CT molecular complexity index is 411. The van der Waals surface area contributed by atoms with Crippen LogP contribution in [0.5, 0.6) is 5.75 Å². The van der Waals surface area contributed by atoms with Gasteiger partial charge in [-0.05, 0) is 44.0 Å². The van der Waals surface area contributed by atoms with E-state index in [4.69, 9.17) is 4.74 Å². The van der Waals surface area contributed by atoms with Crippen LogP contribution in [0.3, 0.4) is 0 Å². The van der Waals surface area contributed by atoms with Gasteiger partial charge in [-0.1, -0.05) is 12.8 Å². The Kier molecular flexibility index (Phi) is 4.66. The second-order valence-corrected chi connectivity index (χ2v) is 5.02. The van der Waals surface area contributed by atoms with Gasteiger partial charge in [-0.3, -0.25) is 4.79 Å². The van der Waals surface area contributed by atoms with Crippen molar-refractivity contribution in [3.63, 3.8) is 0 Å². The zero-order chi connectivity index (χ0) is 13.7. The van der Waals surface area contributed by atoms with Crippen molar-refractivity contribution in [1.82, 2.24) is 5.32 Å². The van der Waals surface area contributed by atoms with Gasteiger partial charge in [0.2, 0.25) is 0 Å². The monoisotopic (exact) mass is 262 g/mol. The summed E-state index contributed by atoms with van der Waals surface area (Å²) in [6.45, 7) is 1.79. The molecule has 1 aliphatic carbocycles. The van der Waals surface area contributed by atoms with E-state index in [1.165, 1.54) is 12.8 Å². The van der Waals surface area contributed by atoms with E-state index in [1.54, 1.807) is 6.92 Å². The first-order valence-electron chi connectivity index (χ1n) is 6.94. The fraction of sp³-hybridized carbons (Fsp3) is 0.533. The summed E-state index contributed by atoms with van der Waals surface area (Å²) in [6, 6.07) is 7.93. The van der Waals surface area contributed by atoms with Gasteiger partial charge in [0.15, 0.2) is 6.10 Å². The van der Waals surface area contributed by atoms with Gasteiger partial charge in [-0.2, -0.15) is 0 Å². The quantitative estimate of drug-likeness (QED) is 0.857. The third-order valence-electron chi connectivity index (χ3n) is 3.53. The van der Waals surface area contributed by atoms with Crippen LogP contribution in [0.15, 0.2) is 24.3 Å². The minimum atomic E-state index is -0.457. The average Bonchev–Trinajstić information content (AvgIpc) is 2.92. The zero-order valence-corrected chi connectivity index (χ0v) is 11.6. The van der Waals surface area contributed by atoms with Gasteiger partial charge in [-0.15, -0.1) is 0 Å². The molecule has 0 saturated heterocycles. The van der Waals surface area contributed by atoms with Gasteiger partial charge in [0.25, 0.3) is 5.91 Å². The number of anilines is 1. The molecule has 19 heavy (non-hydrogen) atoms. The lowest BCUT2D eigenvalue weighted by Gasteiger charge is -2.18. The zero-order valence-electron chi connectivity index (χ0n) is 11.6. The van der Waals surface area contributed by atoms with Crippen molar-refractivity contribution in [1.29, 1.82) is 0 Å². The smallest absolute Gasteiger partial charge is 0.260 e. The summed E-state index contributed by atoms with van der Waals surface area (Å²) >= 11 is 0. The van der Waals surface area contributed by atoms with Crippen LogP contribution in [0, 0.1) is 0 Å². The molecule has 1 fully saturated rings. The van der Waals surface area contributed by atoms with Crippen molar-refractivity contribution < 1.29 is 9.53 Å². The number of benzene rings is 1. The minimum absolute atomic E-state index is 0.0235. The first kappa shape index (κ1) is 13.7. The van der Waals surface area contributed by atoms with E-state index in [-0.39, 0.29) is 5.91 Å². The Labute approximate surface area is 114 Å². The summed E-state index contributed by atoms with van der Waals surface area (Å²) in [6.07, 6.45) is 4.16. The lowest BCUT2D eigenvalue weighted by molar-refractivity contribution is -0.127. The van der Waals surface area contributed by atoms with Crippen molar-refractivity contribution in [2.45, 2.75) is 44.8 Å². The molecule has 1 aliphatic rings. The molecule has 2 N–H and O–H groups in total. The van der Waals surface area contributed by atoms with Gasteiger partial charge in [0.1, 0.15) is 5.75 Å². The molecule has 0 heterocycles. The molecule has 0 aromatic heterocycles. The molecule has 2 rings (SSSR count). The van der Waals surface area contributed by atoms with E-state index in [2.05, 4.69) is 10.6 Å². The van der Waals surface area contributed by atoms with Crippen LogP contribution in [-0.4, -0.2) is 25.1 Å². The van der Waals surface area contributed by atoms with Crippen LogP contribution >= 0.6 is 0 Å². The van der Waals surface area contributed by atoms with E-state index < -0.39 is 6.10 Å². The fourth-order valence-electron chi connectivity index (χ4n) is 2.35. The van der Waals surface area contributed by atoms with Crippen LogP contribution < -0.4 is 15.4 Å². The Morgan fingerprint density at radius 1 is 1.26 bits per heavy atom. The van der Waals surface area contributed by atoms with Crippen LogP contribution in [0.2, 0.25) is 0 Å². The molecule has 1 atom stereocenters. The molecule has 1 aromatic carbocycles. The molecule has 0 radical (unpaired) electrons. The number of nitrogens with one attached hydrogen (secondary N) is 2. The summed E-state index contributed by atoms with van der Waals surface area (Å²) in [5.41, 5.74) is 1.02. The number of hydrogen-bond donors (Lipinski definition) is 2. The molecular formula is C15H22N2O2. The molecule has 1 aromatic rings. The molecule has 0 bridgehead atoms. The SMILES string of the molecule is CNc1ccc(OC(C)C(=O)NC2CCCC2)cc1. The summed E-state index contributed by atoms with van der Waals surface area (Å²) in [4.78, 5) is 12.0. The lowest BCUT2D eigenvalue weighted by atomic mass is 10.2. The fourth-order valence-corrected chi connectivity index (χ4v) is 2.35. The Hall–Kier alpha value is -1.71. The second kappa shape index (κ2) is 6.45. The normalized spacial score (nSPS) is 16.9. The maximum Gasteiger partial charge on any atom is 0.260 e. The largest absolute Gasteiger partial charge is 0.481 e. The molecule has 4 heteroatoms. The van der Waals surface area contributed by atoms with E-state index in [9.17, 15) is 4.79 Å². The number of carbonyl (C=O) groups excluding carboxylic acids is 1. The molecule has 1 amide bonds. The molecule has 104 valence electrons. The molecule has 0 spiro atoms. The summed E-state index contributed by atoms with van der Waals surface area (Å²) in [5.74, 6) is 0.692. The Morgan fingerprint density at radius 2 is 1.89 bits per heavy atom. The number of amides is 1. The van der Waals surface area contributed by atoms with Crippen molar-refractivity contribution in [3.8, 4) is 5.75 Å². The standard InChI is InChI=1S/C15H22N2O2/c1-11(15(18)17-13-5-3-4-6-13)19-14-9-7-12(16-2)8-10-14/h7-11,13,16H,3-6H2,1-2H3,(H,17,18). The Morgan fingerprint density at radius 3 is 2.47 bits per heavy atom. The summed E-state index contributed by atoms with van der Waals surface area (Å²) in [7, 11) is 1.87. The lowest BCUT2D eigenvalue weighted by Crippen LogP contribution is -2.41. The topological polar surface area (TPSA) is 50.4 Å². The number of ether oxygens (including phenoxy) is 1. The molecule has 1 saturated carbocycles. The van der Waals surface area contributed by atoms with Gasteiger partial charge in [0, 0.05) is 18.8 Å². The van der Waals surface area contributed by atoms with Crippen LogP contribution in [0.1, 0.15) is 32.6 Å². The molecule has 4 nitrogen and oxygen atoms in total. The predicted molar refractivity (Wildman–Crippen MR) is 76.5 cm³/mol. The maximum absolute atomic E-state index is 12.0. The predicted octanol–water partition coefficient (Wildman–Crippen LogP) is 2.55. The van der Waals surface area contributed by atoms with Crippen molar-refractivity contribution in [2.75, 3.05) is 12.4 Å². The third-order valence-corrected chi connectivity index (χ3v) is 3.53. The highest BCUT2D eigenvalue weighted by atomic mass is 16.5. The van der Waals surface area contributed by atoms with Gasteiger partial charge in [0.05, 0.1) is 0 Å². The number of hydrogen-bond acceptors (Lipinski definition) is 3. The van der Waals surface area contributed by atoms with E-state index in [0.29, 0.717) is 11.8 Å². The number of rotatable bonds is 5. The highest BCUT2D eigenvalue weighted by Gasteiger charge is 2.21. The highest BCUT2D eigenvalue weighted by molar-refractivity contribution is 5.81. The summed E-state index contributed by atoms with van der Waals surface area (Å²) in [5, 5.41) is 6.09. The summed E-state index contributed by atoms with van der Waals surface area (Å²) < 4.78 is 5.65. The minimum Gasteiger partial charge on any atom is -0.481 e. The van der Waals surface area contributed by atoms with Crippen LogP contribution in [0.25, 0.3) is 0 Å². The van der Waals surface area contributed by atoms with E-state index in [1.807, 2.05) is 31.3 Å². The Balaban J connectivity index is 1.84. The van der Waals surface area contributed by atoms with Crippen molar-refractivity contribution in [2.24, 2.45) is 0 Å². The average molecular weight is 262 g/mol. The van der Waals surface area contributed by atoms with Crippen molar-refractivity contribution >= 4 is 11.6 Å². The molecule has 0 aliphatic heterocycles. The van der Waals surface area contributed by atoms with Gasteiger partial charge < -0.3 is 15.4 Å². The van der Waals surface area contributed by atoms with E-state index in [0.717, 1.165) is 18.5 Å². The first-order chi connectivity index (χ1) is 9.19. The third kappa shape index (κ3) is 3.88. The van der Waals surface area contributed by atoms with E-state index >= 15 is 0 Å². The second-order valence-electron chi connectivity index (χ2n) is 5.02. The van der Waals surface area contributed by atoms with Crippen molar-refractivity contribution in [3.05, 3.63) is 24.3 Å². The molecular weight excluding hydrogens is 240 g/mol. The van der Waals surface area contributed by atoms with Gasteiger partial charge >= 0.3 is 0 Å². The number of carbonyl (C=O) groups is 1. The molecule has 1 unspecified atom stereocenters. The maximum atomic E-state index is 12.0. The highest BCUT2D eigenvalue weighted by Crippen LogP contribution is 2.19. The van der Waals surface area contributed by atoms with Gasteiger partial charge in [-0.25, -0.2) is 0 Å². The van der Waals surface area contributed by atoms with Crippen LogP contribution in [-0.2, 0) is 4.79 Å².